The first-order chi connectivity index (χ1) is 11.7. The molecule has 0 aromatic carbocycles. The monoisotopic (exact) mass is 348 g/mol. The topological polar surface area (TPSA) is 68.0 Å². The number of imidazole rings is 1. The van der Waals surface area contributed by atoms with Crippen LogP contribution in [0.4, 0.5) is 5.82 Å². The van der Waals surface area contributed by atoms with Crippen molar-refractivity contribution in [1.29, 1.82) is 0 Å². The van der Waals surface area contributed by atoms with Crippen molar-refractivity contribution in [3.05, 3.63) is 15.8 Å². The molecule has 3 rings (SSSR count). The number of fused-ring (bicyclic) bond motifs is 1. The highest BCUT2D eigenvalue weighted by molar-refractivity contribution is 6.28. The third kappa shape index (κ3) is 2.99. The van der Waals surface area contributed by atoms with Crippen LogP contribution in [-0.4, -0.2) is 45.3 Å². The van der Waals surface area contributed by atoms with Crippen molar-refractivity contribution in [3.63, 3.8) is 0 Å². The minimum absolute atomic E-state index is 0.109. The second-order valence-corrected chi connectivity index (χ2v) is 6.01. The Morgan fingerprint density at radius 1 is 1.25 bits per heavy atom. The van der Waals surface area contributed by atoms with Crippen LogP contribution in [0.25, 0.3) is 11.2 Å². The van der Waals surface area contributed by atoms with Crippen LogP contribution in [0.2, 0.25) is 5.28 Å². The van der Waals surface area contributed by atoms with Crippen LogP contribution in [0.5, 0.6) is 0 Å². The Morgan fingerprint density at radius 2 is 2.00 bits per heavy atom. The summed E-state index contributed by atoms with van der Waals surface area (Å²) in [5, 5.41) is 3.49. The minimum atomic E-state index is -0.109. The summed E-state index contributed by atoms with van der Waals surface area (Å²) >= 11 is 6.16. The molecule has 1 saturated heterocycles. The summed E-state index contributed by atoms with van der Waals surface area (Å²) in [7, 11) is 0. The van der Waals surface area contributed by atoms with Crippen molar-refractivity contribution < 1.29 is 0 Å². The molecule has 8 heteroatoms. The number of piperazine rings is 1. The van der Waals surface area contributed by atoms with Gasteiger partial charge in [-0.15, -0.1) is 5.92 Å². The van der Waals surface area contributed by atoms with E-state index in [1.54, 1.807) is 16.1 Å². The molecule has 0 saturated carbocycles. The van der Waals surface area contributed by atoms with Crippen LogP contribution in [0, 0.1) is 11.8 Å². The summed E-state index contributed by atoms with van der Waals surface area (Å²) in [5.74, 6) is 6.55. The third-order valence-corrected chi connectivity index (χ3v) is 4.25. The maximum atomic E-state index is 12.8. The second-order valence-electron chi connectivity index (χ2n) is 5.67. The number of anilines is 1. The normalized spacial score (nSPS) is 14.7. The molecule has 2 aromatic heterocycles. The van der Waals surface area contributed by atoms with Crippen molar-refractivity contribution >= 4 is 28.6 Å². The van der Waals surface area contributed by atoms with Crippen LogP contribution >= 0.6 is 11.6 Å². The molecular weight excluding hydrogens is 328 g/mol. The van der Waals surface area contributed by atoms with E-state index < -0.39 is 0 Å². The van der Waals surface area contributed by atoms with Crippen molar-refractivity contribution in [3.8, 4) is 11.8 Å². The summed E-state index contributed by atoms with van der Waals surface area (Å²) in [6, 6.07) is 0. The SMILES string of the molecule is CC#CCn1c(=O)n(CCC)c2nc(Cl)nc(N3CCNCC3)c21. The molecule has 0 amide bonds. The van der Waals surface area contributed by atoms with E-state index in [1.165, 1.54) is 0 Å². The number of aryl methyl sites for hydroxylation is 1. The highest BCUT2D eigenvalue weighted by Crippen LogP contribution is 2.25. The lowest BCUT2D eigenvalue weighted by molar-refractivity contribution is 0.585. The first kappa shape index (κ1) is 16.8. The van der Waals surface area contributed by atoms with Gasteiger partial charge in [0.15, 0.2) is 11.5 Å². The molecular formula is C16H21ClN6O. The average Bonchev–Trinajstić information content (AvgIpc) is 2.85. The molecule has 24 heavy (non-hydrogen) atoms. The van der Waals surface area contributed by atoms with Gasteiger partial charge in [0.2, 0.25) is 5.28 Å². The van der Waals surface area contributed by atoms with Gasteiger partial charge < -0.3 is 10.2 Å². The van der Waals surface area contributed by atoms with Gasteiger partial charge in [0.25, 0.3) is 0 Å². The molecule has 0 unspecified atom stereocenters. The highest BCUT2D eigenvalue weighted by Gasteiger charge is 2.23. The van der Waals surface area contributed by atoms with Gasteiger partial charge in [-0.3, -0.25) is 9.13 Å². The lowest BCUT2D eigenvalue weighted by Gasteiger charge is -2.28. The van der Waals surface area contributed by atoms with Crippen molar-refractivity contribution in [2.24, 2.45) is 0 Å². The fourth-order valence-electron chi connectivity index (χ4n) is 2.99. The Hall–Kier alpha value is -2.04. The largest absolute Gasteiger partial charge is 0.352 e. The molecule has 0 bridgehead atoms. The zero-order valence-electron chi connectivity index (χ0n) is 14.0. The van der Waals surface area contributed by atoms with E-state index in [1.807, 2.05) is 6.92 Å². The van der Waals surface area contributed by atoms with E-state index >= 15 is 0 Å². The number of nitrogens with zero attached hydrogens (tertiary/aromatic N) is 5. The fourth-order valence-corrected chi connectivity index (χ4v) is 3.15. The molecule has 0 radical (unpaired) electrons. The molecule has 128 valence electrons. The van der Waals surface area contributed by atoms with Crippen LogP contribution < -0.4 is 15.9 Å². The summed E-state index contributed by atoms with van der Waals surface area (Å²) in [4.78, 5) is 23.8. The average molecular weight is 349 g/mol. The van der Waals surface area contributed by atoms with Crippen molar-refractivity contribution in [1.82, 2.24) is 24.4 Å². The number of nitrogens with one attached hydrogen (secondary N) is 1. The summed E-state index contributed by atoms with van der Waals surface area (Å²) in [5.41, 5.74) is 1.21. The minimum Gasteiger partial charge on any atom is -0.352 e. The highest BCUT2D eigenvalue weighted by atomic mass is 35.5. The number of hydrogen-bond acceptors (Lipinski definition) is 5. The molecule has 1 N–H and O–H groups in total. The van der Waals surface area contributed by atoms with E-state index in [0.29, 0.717) is 18.7 Å². The van der Waals surface area contributed by atoms with Gasteiger partial charge in [-0.2, -0.15) is 9.97 Å². The third-order valence-electron chi connectivity index (χ3n) is 4.09. The Kier molecular flexibility index (Phi) is 5.07. The molecule has 7 nitrogen and oxygen atoms in total. The van der Waals surface area contributed by atoms with Crippen molar-refractivity contribution in [2.75, 3.05) is 31.1 Å². The van der Waals surface area contributed by atoms with Gasteiger partial charge in [-0.1, -0.05) is 12.8 Å². The number of rotatable bonds is 4. The molecule has 0 aliphatic carbocycles. The Labute approximate surface area is 145 Å². The van der Waals surface area contributed by atoms with Crippen LogP contribution in [0.1, 0.15) is 20.3 Å². The predicted octanol–water partition coefficient (Wildman–Crippen LogP) is 1.09. The second kappa shape index (κ2) is 7.24. The summed E-state index contributed by atoms with van der Waals surface area (Å²) < 4.78 is 3.33. The lowest BCUT2D eigenvalue weighted by atomic mass is 10.3. The zero-order chi connectivity index (χ0) is 17.1. The van der Waals surface area contributed by atoms with Gasteiger partial charge >= 0.3 is 5.69 Å². The van der Waals surface area contributed by atoms with Gasteiger partial charge in [-0.05, 0) is 24.9 Å². The van der Waals surface area contributed by atoms with E-state index in [-0.39, 0.29) is 11.0 Å². The molecule has 2 aromatic rings. The van der Waals surface area contributed by atoms with Gasteiger partial charge in [0.05, 0.1) is 6.54 Å². The Morgan fingerprint density at radius 3 is 2.67 bits per heavy atom. The smallest absolute Gasteiger partial charge is 0.331 e. The van der Waals surface area contributed by atoms with Gasteiger partial charge in [-0.25, -0.2) is 4.79 Å². The van der Waals surface area contributed by atoms with Gasteiger partial charge in [0, 0.05) is 32.7 Å². The first-order valence-corrected chi connectivity index (χ1v) is 8.57. The first-order valence-electron chi connectivity index (χ1n) is 8.19. The van der Waals surface area contributed by atoms with E-state index in [0.717, 1.165) is 43.9 Å². The standard InChI is InChI=1S/C16H21ClN6O/c1-3-5-9-22-12-13(21-10-6-18-7-11-21)19-15(17)20-14(12)23(8-4-2)16(22)24/h18H,4,6-11H2,1-2H3. The summed E-state index contributed by atoms with van der Waals surface area (Å²) in [6.45, 7) is 8.09. The van der Waals surface area contributed by atoms with Crippen molar-refractivity contribution in [2.45, 2.75) is 33.4 Å². The van der Waals surface area contributed by atoms with E-state index in [4.69, 9.17) is 11.6 Å². The number of hydrogen-bond donors (Lipinski definition) is 1. The molecule has 1 aliphatic heterocycles. The zero-order valence-corrected chi connectivity index (χ0v) is 14.7. The number of aromatic nitrogens is 4. The molecule has 0 spiro atoms. The maximum Gasteiger partial charge on any atom is 0.331 e. The fraction of sp³-hybridized carbons (Fsp3) is 0.562. The van der Waals surface area contributed by atoms with Crippen LogP contribution in [0.3, 0.4) is 0 Å². The van der Waals surface area contributed by atoms with Crippen LogP contribution in [0.15, 0.2) is 4.79 Å². The van der Waals surface area contributed by atoms with Gasteiger partial charge in [0.1, 0.15) is 5.52 Å². The van der Waals surface area contributed by atoms with E-state index in [2.05, 4.69) is 32.0 Å². The van der Waals surface area contributed by atoms with E-state index in [9.17, 15) is 4.79 Å². The Bertz CT molecular complexity index is 853. The summed E-state index contributed by atoms with van der Waals surface area (Å²) in [6.07, 6.45) is 0.836. The molecule has 3 heterocycles. The predicted molar refractivity (Wildman–Crippen MR) is 95.6 cm³/mol. The molecule has 1 fully saturated rings. The van der Waals surface area contributed by atoms with Crippen LogP contribution in [-0.2, 0) is 13.1 Å². The maximum absolute atomic E-state index is 12.8. The molecule has 1 aliphatic rings. The molecule has 0 atom stereocenters. The Balaban J connectivity index is 2.27. The quantitative estimate of drug-likeness (QED) is 0.661. The number of halogens is 1. The lowest BCUT2D eigenvalue weighted by Crippen LogP contribution is -2.44.